The summed E-state index contributed by atoms with van der Waals surface area (Å²) in [6.45, 7) is 7.15. The summed E-state index contributed by atoms with van der Waals surface area (Å²) in [5.74, 6) is -1.06. The zero-order valence-electron chi connectivity index (χ0n) is 16.3. The Balaban J connectivity index is 1.90. The smallest absolute Gasteiger partial charge is 0.344 e. The van der Waals surface area contributed by atoms with Crippen LogP contribution >= 0.6 is 11.8 Å². The number of pyridine rings is 1. The van der Waals surface area contributed by atoms with Gasteiger partial charge in [0.2, 0.25) is 5.43 Å². The molecule has 1 unspecified atom stereocenters. The Morgan fingerprint density at radius 1 is 1.25 bits per heavy atom. The second-order valence-corrected chi connectivity index (χ2v) is 8.36. The van der Waals surface area contributed by atoms with Gasteiger partial charge in [0.25, 0.3) is 0 Å². The van der Waals surface area contributed by atoms with E-state index in [0.717, 1.165) is 32.6 Å². The molecular formula is C20H24FN3O3S. The van der Waals surface area contributed by atoms with Gasteiger partial charge >= 0.3 is 5.97 Å². The summed E-state index contributed by atoms with van der Waals surface area (Å²) in [5.41, 5.74) is 0.778. The quantitative estimate of drug-likeness (QED) is 0.729. The van der Waals surface area contributed by atoms with E-state index in [-0.39, 0.29) is 22.9 Å². The van der Waals surface area contributed by atoms with Crippen molar-refractivity contribution in [3.8, 4) is 0 Å². The SMILES string of the molecule is CCOC(=O)c1c2n(c3cc(N4CCN(C)CC4)c(F)cc3c1=O)C(CC)S2. The second kappa shape index (κ2) is 7.40. The predicted molar refractivity (Wildman–Crippen MR) is 109 cm³/mol. The number of rotatable bonds is 4. The van der Waals surface area contributed by atoms with Crippen molar-refractivity contribution in [3.05, 3.63) is 33.7 Å². The number of anilines is 1. The van der Waals surface area contributed by atoms with Crippen molar-refractivity contribution >= 4 is 34.3 Å². The van der Waals surface area contributed by atoms with Crippen LogP contribution in [0.4, 0.5) is 10.1 Å². The van der Waals surface area contributed by atoms with Crippen molar-refractivity contribution in [2.75, 3.05) is 44.7 Å². The molecule has 150 valence electrons. The Morgan fingerprint density at radius 3 is 2.61 bits per heavy atom. The van der Waals surface area contributed by atoms with Crippen LogP contribution in [-0.4, -0.2) is 55.3 Å². The highest BCUT2D eigenvalue weighted by atomic mass is 32.2. The zero-order valence-corrected chi connectivity index (χ0v) is 17.1. The van der Waals surface area contributed by atoms with Crippen LogP contribution in [0.5, 0.6) is 0 Å². The molecule has 28 heavy (non-hydrogen) atoms. The fourth-order valence-corrected chi connectivity index (χ4v) is 5.09. The largest absolute Gasteiger partial charge is 0.462 e. The van der Waals surface area contributed by atoms with Gasteiger partial charge in [0, 0.05) is 31.6 Å². The van der Waals surface area contributed by atoms with Gasteiger partial charge in [0.05, 0.1) is 28.2 Å². The van der Waals surface area contributed by atoms with E-state index in [0.29, 0.717) is 16.2 Å². The van der Waals surface area contributed by atoms with Gasteiger partial charge in [0.1, 0.15) is 11.4 Å². The number of benzene rings is 1. The predicted octanol–water partition coefficient (Wildman–Crippen LogP) is 3.08. The molecule has 0 radical (unpaired) electrons. The number of esters is 1. The number of thioether (sulfide) groups is 1. The van der Waals surface area contributed by atoms with Crippen molar-refractivity contribution in [3.63, 3.8) is 0 Å². The second-order valence-electron chi connectivity index (χ2n) is 7.19. The number of likely N-dealkylation sites (N-methyl/N-ethyl adjacent to an activating group) is 1. The number of aromatic nitrogens is 1. The number of hydrogen-bond acceptors (Lipinski definition) is 6. The van der Waals surface area contributed by atoms with Crippen molar-refractivity contribution in [1.29, 1.82) is 0 Å². The number of nitrogens with zero attached hydrogens (tertiary/aromatic N) is 3. The standard InChI is InChI=1S/C20H24FN3O3S/c1-4-16-24-14-11-15(23-8-6-22(3)7-9-23)13(21)10-12(14)18(25)17(19(24)28-16)20(26)27-5-2/h10-11,16H,4-9H2,1-3H3. The van der Waals surface area contributed by atoms with Crippen molar-refractivity contribution in [2.45, 2.75) is 30.7 Å². The summed E-state index contributed by atoms with van der Waals surface area (Å²) in [7, 11) is 2.05. The monoisotopic (exact) mass is 405 g/mol. The molecule has 4 rings (SSSR count). The molecule has 1 fully saturated rings. The first-order valence-electron chi connectivity index (χ1n) is 9.65. The van der Waals surface area contributed by atoms with E-state index in [1.807, 2.05) is 9.47 Å². The average Bonchev–Trinajstić information content (AvgIpc) is 2.65. The number of halogens is 1. The minimum absolute atomic E-state index is 0.0239. The minimum atomic E-state index is -0.635. The summed E-state index contributed by atoms with van der Waals surface area (Å²) in [6, 6.07) is 3.06. The van der Waals surface area contributed by atoms with Gasteiger partial charge < -0.3 is 19.1 Å². The lowest BCUT2D eigenvalue weighted by Gasteiger charge is -2.37. The number of carbonyl (C=O) groups is 1. The third-order valence-corrected chi connectivity index (χ3v) is 6.88. The number of ether oxygens (including phenoxy) is 1. The molecule has 0 spiro atoms. The maximum Gasteiger partial charge on any atom is 0.344 e. The first kappa shape index (κ1) is 19.3. The number of carbonyl (C=O) groups excluding carboxylic acids is 1. The van der Waals surface area contributed by atoms with Crippen LogP contribution in [0.25, 0.3) is 10.9 Å². The molecule has 1 saturated heterocycles. The molecule has 3 heterocycles. The summed E-state index contributed by atoms with van der Waals surface area (Å²) in [5, 5.41) is 0.983. The third kappa shape index (κ3) is 2.99. The summed E-state index contributed by atoms with van der Waals surface area (Å²) >= 11 is 1.50. The van der Waals surface area contributed by atoms with E-state index in [1.165, 1.54) is 17.8 Å². The average molecular weight is 405 g/mol. The molecular weight excluding hydrogens is 381 g/mol. The lowest BCUT2D eigenvalue weighted by Crippen LogP contribution is -2.44. The fraction of sp³-hybridized carbons (Fsp3) is 0.500. The minimum Gasteiger partial charge on any atom is -0.462 e. The fourth-order valence-electron chi connectivity index (χ4n) is 3.87. The number of fused-ring (bicyclic) bond motifs is 3. The van der Waals surface area contributed by atoms with Crippen LogP contribution in [0, 0.1) is 5.82 Å². The van der Waals surface area contributed by atoms with Crippen molar-refractivity contribution < 1.29 is 13.9 Å². The number of hydrogen-bond donors (Lipinski definition) is 0. The summed E-state index contributed by atoms with van der Waals surface area (Å²) in [4.78, 5) is 29.6. The maximum absolute atomic E-state index is 15.0. The van der Waals surface area contributed by atoms with Gasteiger partial charge in [-0.15, -0.1) is 0 Å². The van der Waals surface area contributed by atoms with Crippen molar-refractivity contribution in [1.82, 2.24) is 9.47 Å². The summed E-state index contributed by atoms with van der Waals surface area (Å²) in [6.07, 6.45) is 0.846. The molecule has 0 bridgehead atoms. The van der Waals surface area contributed by atoms with E-state index < -0.39 is 17.2 Å². The Labute approximate surface area is 167 Å². The highest BCUT2D eigenvalue weighted by molar-refractivity contribution is 8.00. The Kier molecular flexibility index (Phi) is 5.09. The topological polar surface area (TPSA) is 54.8 Å². The van der Waals surface area contributed by atoms with E-state index in [4.69, 9.17) is 4.74 Å². The van der Waals surface area contributed by atoms with E-state index in [1.54, 1.807) is 13.0 Å². The van der Waals surface area contributed by atoms with Crippen LogP contribution in [0.1, 0.15) is 36.0 Å². The molecule has 6 nitrogen and oxygen atoms in total. The van der Waals surface area contributed by atoms with Gasteiger partial charge in [-0.3, -0.25) is 4.79 Å². The van der Waals surface area contributed by atoms with Crippen LogP contribution in [0.15, 0.2) is 22.0 Å². The molecule has 1 aromatic carbocycles. The van der Waals surface area contributed by atoms with Gasteiger partial charge in [-0.05, 0) is 32.5 Å². The highest BCUT2D eigenvalue weighted by Gasteiger charge is 2.35. The van der Waals surface area contributed by atoms with Gasteiger partial charge in [-0.25, -0.2) is 9.18 Å². The van der Waals surface area contributed by atoms with Crippen molar-refractivity contribution in [2.24, 2.45) is 0 Å². The van der Waals surface area contributed by atoms with Gasteiger partial charge in [-0.1, -0.05) is 18.7 Å². The molecule has 2 aliphatic heterocycles. The molecule has 1 atom stereocenters. The number of piperazine rings is 1. The van der Waals surface area contributed by atoms with E-state index in [2.05, 4.69) is 18.9 Å². The highest BCUT2D eigenvalue weighted by Crippen LogP contribution is 2.48. The molecule has 2 aromatic rings. The van der Waals surface area contributed by atoms with E-state index in [9.17, 15) is 14.0 Å². The van der Waals surface area contributed by atoms with Gasteiger partial charge in [-0.2, -0.15) is 0 Å². The molecule has 0 aliphatic carbocycles. The first-order valence-corrected chi connectivity index (χ1v) is 10.5. The molecule has 1 aromatic heterocycles. The molecule has 0 amide bonds. The van der Waals surface area contributed by atoms with Crippen LogP contribution in [0.3, 0.4) is 0 Å². The van der Waals surface area contributed by atoms with Crippen LogP contribution < -0.4 is 10.3 Å². The Bertz CT molecular complexity index is 999. The maximum atomic E-state index is 15.0. The Morgan fingerprint density at radius 2 is 1.96 bits per heavy atom. The van der Waals surface area contributed by atoms with Crippen LogP contribution in [-0.2, 0) is 4.74 Å². The van der Waals surface area contributed by atoms with Crippen LogP contribution in [0.2, 0.25) is 0 Å². The first-order chi connectivity index (χ1) is 13.5. The van der Waals surface area contributed by atoms with Gasteiger partial charge in [0.15, 0.2) is 0 Å². The third-order valence-electron chi connectivity index (χ3n) is 5.44. The Hall–Kier alpha value is -2.06. The lowest BCUT2D eigenvalue weighted by molar-refractivity contribution is 0.0518. The molecule has 0 N–H and O–H groups in total. The molecule has 2 aliphatic rings. The summed E-state index contributed by atoms with van der Waals surface area (Å²) < 4.78 is 22.0. The lowest BCUT2D eigenvalue weighted by atomic mass is 10.1. The molecule has 8 heteroatoms. The normalized spacial score (nSPS) is 19.4. The zero-order chi connectivity index (χ0) is 20.0. The van der Waals surface area contributed by atoms with E-state index >= 15 is 0 Å². The molecule has 0 saturated carbocycles.